The monoisotopic (exact) mass is 560 g/mol. The quantitative estimate of drug-likeness (QED) is 0.362. The molecule has 2 aliphatic rings. The number of carbonyl (C=O) groups excluding carboxylic acids is 1. The molecule has 1 unspecified atom stereocenters. The Hall–Kier alpha value is -4.43. The maximum Gasteiger partial charge on any atom is 0.243 e. The standard InChI is InChI=1S/C30H37FN8O2/c1-6-28(40)34-25-16-26(39-13-11-21(12-14-39)38(4)5)22(31)15-24(25)36-30-33-18-20(17-32)29(37-30)35-23-9-7-8-10-27(23)41-19(2)3/h6-10,15,18-19,21,25H,1,11-14,16H2,2-5H3,(H,34,40)(H2,33,35,36,37). The van der Waals surface area contributed by atoms with E-state index in [1.54, 1.807) is 0 Å². The lowest BCUT2D eigenvalue weighted by Gasteiger charge is -2.39. The number of allylic oxidation sites excluding steroid dienone is 2. The molecule has 4 rings (SSSR count). The fraction of sp³-hybridized carbons (Fsp3) is 0.400. The third-order valence-electron chi connectivity index (χ3n) is 7.08. The summed E-state index contributed by atoms with van der Waals surface area (Å²) in [6.45, 7) is 8.87. The smallest absolute Gasteiger partial charge is 0.243 e. The summed E-state index contributed by atoms with van der Waals surface area (Å²) in [6.07, 6.45) is 6.03. The predicted molar refractivity (Wildman–Crippen MR) is 157 cm³/mol. The third kappa shape index (κ3) is 7.41. The molecule has 1 fully saturated rings. The van der Waals surface area contributed by atoms with Crippen molar-refractivity contribution in [1.82, 2.24) is 25.1 Å². The number of piperidine rings is 1. The molecule has 0 bridgehead atoms. The zero-order valence-corrected chi connectivity index (χ0v) is 23.9. The van der Waals surface area contributed by atoms with E-state index in [1.165, 1.54) is 18.3 Å². The van der Waals surface area contributed by atoms with Gasteiger partial charge in [0.15, 0.2) is 5.82 Å². The number of carbonyl (C=O) groups is 1. The minimum Gasteiger partial charge on any atom is -0.489 e. The van der Waals surface area contributed by atoms with E-state index in [-0.39, 0.29) is 41.6 Å². The van der Waals surface area contributed by atoms with Crippen LogP contribution in [0.1, 0.15) is 38.7 Å². The van der Waals surface area contributed by atoms with Crippen molar-refractivity contribution in [2.45, 2.75) is 51.3 Å². The number of nitriles is 1. The molecule has 1 amide bonds. The van der Waals surface area contributed by atoms with Crippen LogP contribution in [0.25, 0.3) is 0 Å². The van der Waals surface area contributed by atoms with Crippen molar-refractivity contribution in [1.29, 1.82) is 5.26 Å². The van der Waals surface area contributed by atoms with E-state index in [9.17, 15) is 10.1 Å². The summed E-state index contributed by atoms with van der Waals surface area (Å²) in [4.78, 5) is 25.3. The van der Waals surface area contributed by atoms with Crippen LogP contribution in [0, 0.1) is 11.3 Å². The van der Waals surface area contributed by atoms with E-state index >= 15 is 4.39 Å². The van der Waals surface area contributed by atoms with E-state index in [1.807, 2.05) is 38.1 Å². The normalized spacial score (nSPS) is 17.7. The second-order valence-corrected chi connectivity index (χ2v) is 10.5. The number of nitrogens with zero attached hydrogens (tertiary/aromatic N) is 5. The highest BCUT2D eigenvalue weighted by Crippen LogP contribution is 2.32. The number of nitrogens with one attached hydrogen (secondary N) is 3. The number of halogens is 1. The van der Waals surface area contributed by atoms with Gasteiger partial charge in [-0.15, -0.1) is 0 Å². The van der Waals surface area contributed by atoms with Crippen molar-refractivity contribution in [3.8, 4) is 11.8 Å². The SMILES string of the molecule is C=CC(=O)NC1CC(N2CCC(N(C)C)CC2)=C(F)C=C1Nc1ncc(C#N)c(Nc2ccccc2OC(C)C)n1. The van der Waals surface area contributed by atoms with Gasteiger partial charge in [0.2, 0.25) is 11.9 Å². The molecule has 11 heteroatoms. The van der Waals surface area contributed by atoms with Crippen LogP contribution in [-0.2, 0) is 4.79 Å². The molecule has 0 spiro atoms. The number of hydrogen-bond acceptors (Lipinski definition) is 9. The molecule has 0 radical (unpaired) electrons. The average molecular weight is 561 g/mol. The van der Waals surface area contributed by atoms with Gasteiger partial charge in [-0.3, -0.25) is 4.79 Å². The molecule has 10 nitrogen and oxygen atoms in total. The highest BCUT2D eigenvalue weighted by atomic mass is 19.1. The number of rotatable bonds is 10. The van der Waals surface area contributed by atoms with Crippen molar-refractivity contribution >= 4 is 23.4 Å². The Labute approximate surface area is 240 Å². The number of aromatic nitrogens is 2. The Bertz CT molecular complexity index is 1370. The van der Waals surface area contributed by atoms with Crippen LogP contribution >= 0.6 is 0 Å². The highest BCUT2D eigenvalue weighted by Gasteiger charge is 2.31. The van der Waals surface area contributed by atoms with E-state index in [0.717, 1.165) is 25.9 Å². The fourth-order valence-corrected chi connectivity index (χ4v) is 4.94. The first kappa shape index (κ1) is 29.6. The van der Waals surface area contributed by atoms with Crippen LogP contribution < -0.4 is 20.7 Å². The number of ether oxygens (including phenoxy) is 1. The van der Waals surface area contributed by atoms with Crippen LogP contribution in [0.2, 0.25) is 0 Å². The first-order valence-electron chi connectivity index (χ1n) is 13.7. The summed E-state index contributed by atoms with van der Waals surface area (Å²) >= 11 is 0. The van der Waals surface area contributed by atoms with Crippen LogP contribution in [0.3, 0.4) is 0 Å². The van der Waals surface area contributed by atoms with Crippen LogP contribution in [-0.4, -0.2) is 71.0 Å². The van der Waals surface area contributed by atoms with E-state index in [2.05, 4.69) is 62.5 Å². The highest BCUT2D eigenvalue weighted by molar-refractivity contribution is 5.87. The molecular weight excluding hydrogens is 523 g/mol. The maximum absolute atomic E-state index is 15.5. The molecule has 1 aliphatic heterocycles. The van der Waals surface area contributed by atoms with Gasteiger partial charge in [-0.25, -0.2) is 9.37 Å². The Morgan fingerprint density at radius 3 is 2.66 bits per heavy atom. The molecule has 1 atom stereocenters. The summed E-state index contributed by atoms with van der Waals surface area (Å²) in [5.74, 6) is 0.262. The van der Waals surface area contributed by atoms with E-state index in [4.69, 9.17) is 4.74 Å². The summed E-state index contributed by atoms with van der Waals surface area (Å²) in [6, 6.07) is 9.34. The van der Waals surface area contributed by atoms with Crippen molar-refractivity contribution in [3.05, 3.63) is 72.0 Å². The Balaban J connectivity index is 1.61. The lowest BCUT2D eigenvalue weighted by atomic mass is 9.97. The second kappa shape index (κ2) is 13.3. The van der Waals surface area contributed by atoms with E-state index < -0.39 is 6.04 Å². The number of likely N-dealkylation sites (tertiary alicyclic amines) is 1. The number of benzene rings is 1. The van der Waals surface area contributed by atoms with Crippen LogP contribution in [0.5, 0.6) is 5.75 Å². The molecule has 1 aromatic carbocycles. The number of amides is 1. The summed E-state index contributed by atoms with van der Waals surface area (Å²) < 4.78 is 21.4. The molecule has 3 N–H and O–H groups in total. The van der Waals surface area contributed by atoms with Crippen LogP contribution in [0.15, 0.2) is 66.4 Å². The molecule has 1 saturated heterocycles. The number of anilines is 3. The largest absolute Gasteiger partial charge is 0.489 e. The summed E-state index contributed by atoms with van der Waals surface area (Å²) in [5.41, 5.74) is 1.81. The average Bonchev–Trinajstić information content (AvgIpc) is 2.95. The minimum atomic E-state index is -0.558. The van der Waals surface area contributed by atoms with Crippen molar-refractivity contribution in [2.24, 2.45) is 0 Å². The Morgan fingerprint density at radius 2 is 2.00 bits per heavy atom. The van der Waals surface area contributed by atoms with Gasteiger partial charge in [-0.2, -0.15) is 10.2 Å². The molecule has 216 valence electrons. The maximum atomic E-state index is 15.5. The van der Waals surface area contributed by atoms with Crippen LogP contribution in [0.4, 0.5) is 21.8 Å². The van der Waals surface area contributed by atoms with Gasteiger partial charge in [0, 0.05) is 31.2 Å². The Morgan fingerprint density at radius 1 is 1.27 bits per heavy atom. The first-order valence-corrected chi connectivity index (χ1v) is 13.7. The molecule has 2 aromatic rings. The van der Waals surface area contributed by atoms with Gasteiger partial charge in [0.05, 0.1) is 29.7 Å². The second-order valence-electron chi connectivity index (χ2n) is 10.5. The zero-order chi connectivity index (χ0) is 29.5. The fourth-order valence-electron chi connectivity index (χ4n) is 4.94. The van der Waals surface area contributed by atoms with Crippen molar-refractivity contribution in [2.75, 3.05) is 37.8 Å². The zero-order valence-electron chi connectivity index (χ0n) is 23.9. The number of hydrogen-bond donors (Lipinski definition) is 3. The van der Waals surface area contributed by atoms with Gasteiger partial charge in [0.25, 0.3) is 0 Å². The van der Waals surface area contributed by atoms with Gasteiger partial charge < -0.3 is 30.5 Å². The van der Waals surface area contributed by atoms with Crippen molar-refractivity contribution in [3.63, 3.8) is 0 Å². The summed E-state index contributed by atoms with van der Waals surface area (Å²) in [7, 11) is 4.12. The van der Waals surface area contributed by atoms with Crippen molar-refractivity contribution < 1.29 is 13.9 Å². The molecule has 1 aromatic heterocycles. The summed E-state index contributed by atoms with van der Waals surface area (Å²) in [5, 5.41) is 18.8. The molecule has 1 aliphatic carbocycles. The minimum absolute atomic E-state index is 0.0517. The lowest BCUT2D eigenvalue weighted by molar-refractivity contribution is -0.116. The lowest BCUT2D eigenvalue weighted by Crippen LogP contribution is -2.45. The van der Waals surface area contributed by atoms with E-state index in [0.29, 0.717) is 28.9 Å². The predicted octanol–water partition coefficient (Wildman–Crippen LogP) is 4.46. The van der Waals surface area contributed by atoms with Gasteiger partial charge in [-0.1, -0.05) is 18.7 Å². The van der Waals surface area contributed by atoms with Gasteiger partial charge >= 0.3 is 0 Å². The molecule has 41 heavy (non-hydrogen) atoms. The molecular formula is C30H37FN8O2. The third-order valence-corrected chi connectivity index (χ3v) is 7.08. The number of para-hydroxylation sites is 2. The van der Waals surface area contributed by atoms with Gasteiger partial charge in [-0.05, 0) is 65.1 Å². The molecule has 2 heterocycles. The topological polar surface area (TPSA) is 118 Å². The Kier molecular flexibility index (Phi) is 9.57. The first-order chi connectivity index (χ1) is 19.7. The molecule has 0 saturated carbocycles. The van der Waals surface area contributed by atoms with Gasteiger partial charge in [0.1, 0.15) is 23.2 Å².